The molecule has 1 N–H and O–H groups in total. The molecular weight excluding hydrogens is 312 g/mol. The standard InChI is InChI=1S/C20H28N4O/c25-20(22-10-5-14-23-12-3-1-2-4-13-23)19-8-6-18(7-9-19)16-24-15-11-21-17-24/h6-9,11,15,17H,1-5,10,12-14,16H2,(H,22,25). The highest BCUT2D eigenvalue weighted by Gasteiger charge is 2.09. The van der Waals surface area contributed by atoms with Crippen LogP contribution in [0.25, 0.3) is 0 Å². The fraction of sp³-hybridized carbons (Fsp3) is 0.500. The molecule has 3 rings (SSSR count). The van der Waals surface area contributed by atoms with Crippen LogP contribution in [0.15, 0.2) is 43.0 Å². The molecule has 1 saturated heterocycles. The van der Waals surface area contributed by atoms with Gasteiger partial charge in [0.15, 0.2) is 0 Å². The molecule has 5 nitrogen and oxygen atoms in total. The molecule has 0 radical (unpaired) electrons. The highest BCUT2D eigenvalue weighted by Crippen LogP contribution is 2.10. The first kappa shape index (κ1) is 17.7. The van der Waals surface area contributed by atoms with E-state index in [9.17, 15) is 4.79 Å². The van der Waals surface area contributed by atoms with Crippen LogP contribution in [0.2, 0.25) is 0 Å². The lowest BCUT2D eigenvalue weighted by Gasteiger charge is -2.19. The molecule has 1 aromatic carbocycles. The van der Waals surface area contributed by atoms with Crippen molar-refractivity contribution in [3.05, 3.63) is 54.1 Å². The average Bonchev–Trinajstić information content (AvgIpc) is 3.00. The van der Waals surface area contributed by atoms with E-state index in [0.717, 1.165) is 37.2 Å². The van der Waals surface area contributed by atoms with Crippen molar-refractivity contribution in [2.75, 3.05) is 26.2 Å². The number of hydrogen-bond donors (Lipinski definition) is 1. The summed E-state index contributed by atoms with van der Waals surface area (Å²) >= 11 is 0. The van der Waals surface area contributed by atoms with Gasteiger partial charge in [-0.2, -0.15) is 0 Å². The van der Waals surface area contributed by atoms with Gasteiger partial charge in [0, 0.05) is 31.0 Å². The predicted molar refractivity (Wildman–Crippen MR) is 99.6 cm³/mol. The molecule has 0 bridgehead atoms. The van der Waals surface area contributed by atoms with Gasteiger partial charge in [-0.1, -0.05) is 25.0 Å². The molecule has 1 aromatic heterocycles. The molecule has 1 amide bonds. The summed E-state index contributed by atoms with van der Waals surface area (Å²) in [4.78, 5) is 18.8. The van der Waals surface area contributed by atoms with Gasteiger partial charge in [-0.25, -0.2) is 4.98 Å². The van der Waals surface area contributed by atoms with Gasteiger partial charge in [0.2, 0.25) is 0 Å². The third-order valence-electron chi connectivity index (χ3n) is 4.78. The maximum absolute atomic E-state index is 12.2. The Bertz CT molecular complexity index is 628. The van der Waals surface area contributed by atoms with Crippen LogP contribution in [0.5, 0.6) is 0 Å². The summed E-state index contributed by atoms with van der Waals surface area (Å²) in [6, 6.07) is 7.81. The van der Waals surface area contributed by atoms with Crippen LogP contribution in [0.4, 0.5) is 0 Å². The molecule has 1 aliphatic heterocycles. The van der Waals surface area contributed by atoms with Crippen molar-refractivity contribution >= 4 is 5.91 Å². The summed E-state index contributed by atoms with van der Waals surface area (Å²) in [5.41, 5.74) is 1.89. The van der Waals surface area contributed by atoms with Crippen molar-refractivity contribution in [1.82, 2.24) is 19.8 Å². The number of carbonyl (C=O) groups is 1. The van der Waals surface area contributed by atoms with Crippen LogP contribution in [0.1, 0.15) is 48.0 Å². The highest BCUT2D eigenvalue weighted by atomic mass is 16.1. The quantitative estimate of drug-likeness (QED) is 0.789. The minimum atomic E-state index is 0.0186. The van der Waals surface area contributed by atoms with Crippen molar-refractivity contribution in [1.29, 1.82) is 0 Å². The smallest absolute Gasteiger partial charge is 0.251 e. The van der Waals surface area contributed by atoms with Crippen molar-refractivity contribution in [3.63, 3.8) is 0 Å². The van der Waals surface area contributed by atoms with E-state index in [-0.39, 0.29) is 5.91 Å². The largest absolute Gasteiger partial charge is 0.352 e. The molecule has 0 spiro atoms. The Morgan fingerprint density at radius 1 is 1.08 bits per heavy atom. The Labute approximate surface area is 150 Å². The van der Waals surface area contributed by atoms with Gasteiger partial charge in [-0.15, -0.1) is 0 Å². The third-order valence-corrected chi connectivity index (χ3v) is 4.78. The number of carbonyl (C=O) groups excluding carboxylic acids is 1. The second-order valence-corrected chi connectivity index (χ2v) is 6.80. The van der Waals surface area contributed by atoms with Crippen LogP contribution in [-0.2, 0) is 6.54 Å². The number of likely N-dealkylation sites (tertiary alicyclic amines) is 1. The van der Waals surface area contributed by atoms with E-state index in [2.05, 4.69) is 15.2 Å². The molecule has 1 aliphatic rings. The van der Waals surface area contributed by atoms with Gasteiger partial charge in [-0.05, 0) is 56.6 Å². The van der Waals surface area contributed by atoms with Crippen molar-refractivity contribution in [3.8, 4) is 0 Å². The third kappa shape index (κ3) is 5.71. The summed E-state index contributed by atoms with van der Waals surface area (Å²) in [6.07, 6.45) is 11.9. The summed E-state index contributed by atoms with van der Waals surface area (Å²) in [5, 5.41) is 3.04. The lowest BCUT2D eigenvalue weighted by atomic mass is 10.1. The first-order chi connectivity index (χ1) is 12.3. The molecule has 0 unspecified atom stereocenters. The SMILES string of the molecule is O=C(NCCCN1CCCCCC1)c1ccc(Cn2ccnc2)cc1. The summed E-state index contributed by atoms with van der Waals surface area (Å²) < 4.78 is 2.01. The molecule has 1 fully saturated rings. The van der Waals surface area contributed by atoms with E-state index in [4.69, 9.17) is 0 Å². The summed E-state index contributed by atoms with van der Waals surface area (Å²) in [7, 11) is 0. The van der Waals surface area contributed by atoms with Crippen LogP contribution in [0, 0.1) is 0 Å². The topological polar surface area (TPSA) is 50.2 Å². The molecule has 0 aliphatic carbocycles. The van der Waals surface area contributed by atoms with E-state index in [0.29, 0.717) is 0 Å². The van der Waals surface area contributed by atoms with Crippen molar-refractivity contribution < 1.29 is 4.79 Å². The fourth-order valence-electron chi connectivity index (χ4n) is 3.32. The summed E-state index contributed by atoms with van der Waals surface area (Å²) in [6.45, 7) is 5.03. The normalized spacial score (nSPS) is 15.7. The summed E-state index contributed by atoms with van der Waals surface area (Å²) in [5.74, 6) is 0.0186. The molecule has 25 heavy (non-hydrogen) atoms. The number of rotatable bonds is 7. The molecule has 0 saturated carbocycles. The number of hydrogen-bond acceptors (Lipinski definition) is 3. The van der Waals surface area contributed by atoms with Gasteiger partial charge in [0.1, 0.15) is 0 Å². The van der Waals surface area contributed by atoms with Gasteiger partial charge in [0.05, 0.1) is 6.33 Å². The number of aromatic nitrogens is 2. The lowest BCUT2D eigenvalue weighted by molar-refractivity contribution is 0.0951. The second kappa shape index (κ2) is 9.37. The van der Waals surface area contributed by atoms with Gasteiger partial charge >= 0.3 is 0 Å². The van der Waals surface area contributed by atoms with Gasteiger partial charge in [-0.3, -0.25) is 4.79 Å². The average molecular weight is 340 g/mol. The van der Waals surface area contributed by atoms with E-state index in [1.807, 2.05) is 35.0 Å². The molecule has 2 heterocycles. The van der Waals surface area contributed by atoms with Gasteiger partial charge in [0.25, 0.3) is 5.91 Å². The van der Waals surface area contributed by atoms with Crippen LogP contribution in [-0.4, -0.2) is 46.5 Å². The number of amides is 1. The number of imidazole rings is 1. The Morgan fingerprint density at radius 3 is 2.52 bits per heavy atom. The van der Waals surface area contributed by atoms with Crippen LogP contribution < -0.4 is 5.32 Å². The number of nitrogens with one attached hydrogen (secondary N) is 1. The first-order valence-corrected chi connectivity index (χ1v) is 9.36. The Hall–Kier alpha value is -2.14. The second-order valence-electron chi connectivity index (χ2n) is 6.80. The Morgan fingerprint density at radius 2 is 1.84 bits per heavy atom. The first-order valence-electron chi connectivity index (χ1n) is 9.36. The zero-order valence-electron chi connectivity index (χ0n) is 14.9. The minimum absolute atomic E-state index is 0.0186. The predicted octanol–water partition coefficient (Wildman–Crippen LogP) is 2.93. The van der Waals surface area contributed by atoms with Gasteiger partial charge < -0.3 is 14.8 Å². The van der Waals surface area contributed by atoms with E-state index in [1.165, 1.54) is 38.8 Å². The lowest BCUT2D eigenvalue weighted by Crippen LogP contribution is -2.30. The van der Waals surface area contributed by atoms with Crippen molar-refractivity contribution in [2.45, 2.75) is 38.6 Å². The molecule has 134 valence electrons. The maximum Gasteiger partial charge on any atom is 0.251 e. The Balaban J connectivity index is 1.39. The molecule has 5 heteroatoms. The van der Waals surface area contributed by atoms with Crippen molar-refractivity contribution in [2.24, 2.45) is 0 Å². The molecule has 2 aromatic rings. The minimum Gasteiger partial charge on any atom is -0.352 e. The molecular formula is C20H28N4O. The van der Waals surface area contributed by atoms with E-state index < -0.39 is 0 Å². The fourth-order valence-corrected chi connectivity index (χ4v) is 3.32. The zero-order valence-corrected chi connectivity index (χ0v) is 14.9. The van der Waals surface area contributed by atoms with E-state index in [1.54, 1.807) is 12.5 Å². The monoisotopic (exact) mass is 340 g/mol. The van der Waals surface area contributed by atoms with Crippen LogP contribution >= 0.6 is 0 Å². The van der Waals surface area contributed by atoms with Crippen LogP contribution in [0.3, 0.4) is 0 Å². The number of nitrogens with zero attached hydrogens (tertiary/aromatic N) is 3. The maximum atomic E-state index is 12.2. The highest BCUT2D eigenvalue weighted by molar-refractivity contribution is 5.94. The van der Waals surface area contributed by atoms with E-state index >= 15 is 0 Å². The number of benzene rings is 1. The Kier molecular flexibility index (Phi) is 6.63. The zero-order chi connectivity index (χ0) is 17.3. The molecule has 0 atom stereocenters.